The van der Waals surface area contributed by atoms with Crippen LogP contribution in [0.4, 0.5) is 5.69 Å². The number of ether oxygens (including phenoxy) is 1. The van der Waals surface area contributed by atoms with Crippen molar-refractivity contribution in [2.24, 2.45) is 23.7 Å². The first-order chi connectivity index (χ1) is 12.4. The Morgan fingerprint density at radius 3 is 2.42 bits per heavy atom. The van der Waals surface area contributed by atoms with E-state index in [1.54, 1.807) is 12.1 Å². The Morgan fingerprint density at radius 2 is 1.85 bits per heavy atom. The predicted molar refractivity (Wildman–Crippen MR) is 95.8 cm³/mol. The van der Waals surface area contributed by atoms with Crippen LogP contribution in [-0.2, 0) is 14.4 Å². The van der Waals surface area contributed by atoms with Gasteiger partial charge < -0.3 is 10.1 Å². The molecule has 4 atom stereocenters. The number of allylic oxidation sites excluding steroid dienone is 2. The first-order valence-electron chi connectivity index (χ1n) is 8.58. The number of fused-ring (bicyclic) bond motifs is 5. The van der Waals surface area contributed by atoms with Crippen LogP contribution in [0, 0.1) is 30.6 Å². The fourth-order valence-electron chi connectivity index (χ4n) is 4.38. The standard InChI is InChI=1S/C19H19ClN2O4/c1-9-5-13(14(26-2)7-12(9)20)21-15(23)8-22-18(24)16-10-3-4-11(6-10)17(16)19(22)25/h3-5,7,10-11,16-17H,6,8H2,1-2H3,(H,21,23). The summed E-state index contributed by atoms with van der Waals surface area (Å²) >= 11 is 6.07. The zero-order valence-corrected chi connectivity index (χ0v) is 15.2. The first-order valence-corrected chi connectivity index (χ1v) is 8.96. The molecular formula is C19H19ClN2O4. The molecular weight excluding hydrogens is 356 g/mol. The molecule has 0 radical (unpaired) electrons. The smallest absolute Gasteiger partial charge is 0.244 e. The third kappa shape index (κ3) is 2.51. The van der Waals surface area contributed by atoms with Crippen molar-refractivity contribution in [2.75, 3.05) is 19.0 Å². The minimum Gasteiger partial charge on any atom is -0.495 e. The maximum Gasteiger partial charge on any atom is 0.244 e. The number of carbonyl (C=O) groups is 3. The van der Waals surface area contributed by atoms with Gasteiger partial charge in [0.2, 0.25) is 17.7 Å². The Labute approximate surface area is 156 Å². The number of nitrogens with zero attached hydrogens (tertiary/aromatic N) is 1. The number of methoxy groups -OCH3 is 1. The van der Waals surface area contributed by atoms with E-state index in [0.717, 1.165) is 16.9 Å². The summed E-state index contributed by atoms with van der Waals surface area (Å²) in [5, 5.41) is 3.25. The van der Waals surface area contributed by atoms with Crippen molar-refractivity contribution in [3.63, 3.8) is 0 Å². The topological polar surface area (TPSA) is 75.7 Å². The Morgan fingerprint density at radius 1 is 1.23 bits per heavy atom. The fourth-order valence-corrected chi connectivity index (χ4v) is 4.54. The maximum atomic E-state index is 12.6. The number of halogens is 1. The summed E-state index contributed by atoms with van der Waals surface area (Å²) in [6.45, 7) is 1.53. The molecule has 3 amide bonds. The number of hydrogen-bond acceptors (Lipinski definition) is 4. The van der Waals surface area contributed by atoms with Gasteiger partial charge in [0.1, 0.15) is 12.3 Å². The van der Waals surface area contributed by atoms with Gasteiger partial charge in [-0.1, -0.05) is 23.8 Å². The molecule has 1 saturated carbocycles. The lowest BCUT2D eigenvalue weighted by atomic mass is 9.85. The predicted octanol–water partition coefficient (Wildman–Crippen LogP) is 2.40. The van der Waals surface area contributed by atoms with Crippen molar-refractivity contribution >= 4 is 35.0 Å². The van der Waals surface area contributed by atoms with E-state index in [9.17, 15) is 14.4 Å². The number of imide groups is 1. The van der Waals surface area contributed by atoms with E-state index in [2.05, 4.69) is 5.32 Å². The highest BCUT2D eigenvalue weighted by atomic mass is 35.5. The van der Waals surface area contributed by atoms with Crippen molar-refractivity contribution in [3.05, 3.63) is 34.9 Å². The monoisotopic (exact) mass is 374 g/mol. The van der Waals surface area contributed by atoms with E-state index < -0.39 is 5.91 Å². The van der Waals surface area contributed by atoms with Crippen LogP contribution in [0.3, 0.4) is 0 Å². The zero-order valence-electron chi connectivity index (χ0n) is 14.5. The zero-order chi connectivity index (χ0) is 18.6. The molecule has 2 fully saturated rings. The van der Waals surface area contributed by atoms with Gasteiger partial charge in [0.05, 0.1) is 24.6 Å². The number of hydrogen-bond donors (Lipinski definition) is 1. The first kappa shape index (κ1) is 17.1. The van der Waals surface area contributed by atoms with Gasteiger partial charge in [0.25, 0.3) is 0 Å². The number of likely N-dealkylation sites (tertiary alicyclic amines) is 1. The van der Waals surface area contributed by atoms with Crippen molar-refractivity contribution in [3.8, 4) is 5.75 Å². The van der Waals surface area contributed by atoms with Gasteiger partial charge >= 0.3 is 0 Å². The second kappa shape index (κ2) is 6.13. The van der Waals surface area contributed by atoms with E-state index >= 15 is 0 Å². The number of carbonyl (C=O) groups excluding carboxylic acids is 3. The van der Waals surface area contributed by atoms with Crippen molar-refractivity contribution in [1.29, 1.82) is 0 Å². The van der Waals surface area contributed by atoms with Crippen molar-refractivity contribution in [2.45, 2.75) is 13.3 Å². The lowest BCUT2D eigenvalue weighted by molar-refractivity contribution is -0.143. The fraction of sp³-hybridized carbons (Fsp3) is 0.421. The maximum absolute atomic E-state index is 12.6. The average molecular weight is 375 g/mol. The molecule has 1 aliphatic heterocycles. The van der Waals surface area contributed by atoms with E-state index in [-0.39, 0.29) is 42.0 Å². The van der Waals surface area contributed by atoms with Gasteiger partial charge in [-0.05, 0) is 36.8 Å². The largest absolute Gasteiger partial charge is 0.495 e. The second-order valence-electron chi connectivity index (χ2n) is 7.11. The van der Waals surface area contributed by atoms with Crippen LogP contribution < -0.4 is 10.1 Å². The summed E-state index contributed by atoms with van der Waals surface area (Å²) in [6.07, 6.45) is 4.93. The van der Waals surface area contributed by atoms with E-state index in [1.807, 2.05) is 19.1 Å². The molecule has 0 aromatic heterocycles. The summed E-state index contributed by atoms with van der Waals surface area (Å²) in [5.41, 5.74) is 1.24. The van der Waals surface area contributed by atoms with Gasteiger partial charge in [-0.15, -0.1) is 0 Å². The van der Waals surface area contributed by atoms with E-state index in [0.29, 0.717) is 16.5 Å². The number of anilines is 1. The van der Waals surface area contributed by atoms with Gasteiger partial charge in [-0.2, -0.15) is 0 Å². The van der Waals surface area contributed by atoms with Crippen LogP contribution in [0.5, 0.6) is 5.75 Å². The van der Waals surface area contributed by atoms with Crippen LogP contribution in [0.1, 0.15) is 12.0 Å². The normalized spacial score (nSPS) is 28.7. The molecule has 1 N–H and O–H groups in total. The van der Waals surface area contributed by atoms with Crippen LogP contribution in [0.2, 0.25) is 5.02 Å². The van der Waals surface area contributed by atoms with Gasteiger partial charge in [-0.25, -0.2) is 0 Å². The molecule has 136 valence electrons. The van der Waals surface area contributed by atoms with Crippen LogP contribution in [0.25, 0.3) is 0 Å². The molecule has 6 nitrogen and oxygen atoms in total. The molecule has 1 saturated heterocycles. The SMILES string of the molecule is COc1cc(Cl)c(C)cc1NC(=O)CN1C(=O)C2C3C=CC(C3)C2C1=O. The summed E-state index contributed by atoms with van der Waals surface area (Å²) in [6, 6.07) is 3.32. The summed E-state index contributed by atoms with van der Waals surface area (Å²) < 4.78 is 5.24. The Hall–Kier alpha value is -2.34. The lowest BCUT2D eigenvalue weighted by Gasteiger charge is -2.18. The van der Waals surface area contributed by atoms with Gasteiger partial charge in [0, 0.05) is 11.1 Å². The highest BCUT2D eigenvalue weighted by Gasteiger charge is 2.59. The minimum atomic E-state index is -0.438. The molecule has 26 heavy (non-hydrogen) atoms. The minimum absolute atomic E-state index is 0.133. The molecule has 0 spiro atoms. The van der Waals surface area contributed by atoms with Gasteiger partial charge in [-0.3, -0.25) is 19.3 Å². The summed E-state index contributed by atoms with van der Waals surface area (Å²) in [4.78, 5) is 38.9. The number of rotatable bonds is 4. The molecule has 1 heterocycles. The number of aryl methyl sites for hydroxylation is 1. The van der Waals surface area contributed by atoms with E-state index in [1.165, 1.54) is 7.11 Å². The number of nitrogens with one attached hydrogen (secondary N) is 1. The van der Waals surface area contributed by atoms with Crippen LogP contribution >= 0.6 is 11.6 Å². The summed E-state index contributed by atoms with van der Waals surface area (Å²) in [5.74, 6) is -0.797. The third-order valence-electron chi connectivity index (χ3n) is 5.62. The Bertz CT molecular complexity index is 820. The Kier molecular flexibility index (Phi) is 4.03. The highest BCUT2D eigenvalue weighted by molar-refractivity contribution is 6.31. The molecule has 1 aromatic carbocycles. The van der Waals surface area contributed by atoms with Crippen molar-refractivity contribution < 1.29 is 19.1 Å². The average Bonchev–Trinajstić information content (AvgIpc) is 3.28. The lowest BCUT2D eigenvalue weighted by Crippen LogP contribution is -2.39. The van der Waals surface area contributed by atoms with Crippen molar-refractivity contribution in [1.82, 2.24) is 4.90 Å². The Balaban J connectivity index is 1.49. The summed E-state index contributed by atoms with van der Waals surface area (Å²) in [7, 11) is 1.48. The quantitative estimate of drug-likeness (QED) is 0.648. The van der Waals surface area contributed by atoms with Crippen LogP contribution in [0.15, 0.2) is 24.3 Å². The van der Waals surface area contributed by atoms with Crippen LogP contribution in [-0.4, -0.2) is 36.3 Å². The molecule has 7 heteroatoms. The second-order valence-corrected chi connectivity index (χ2v) is 7.52. The molecule has 4 rings (SSSR count). The van der Waals surface area contributed by atoms with Gasteiger partial charge in [0.15, 0.2) is 0 Å². The molecule has 2 aliphatic carbocycles. The molecule has 4 unspecified atom stereocenters. The third-order valence-corrected chi connectivity index (χ3v) is 6.03. The highest BCUT2D eigenvalue weighted by Crippen LogP contribution is 2.52. The molecule has 3 aliphatic rings. The number of amides is 3. The molecule has 2 bridgehead atoms. The number of benzene rings is 1. The van der Waals surface area contributed by atoms with E-state index in [4.69, 9.17) is 16.3 Å². The molecule has 1 aromatic rings.